The lowest BCUT2D eigenvalue weighted by Crippen LogP contribution is -2.12. The smallest absolute Gasteiger partial charge is 0.248 e. The van der Waals surface area contributed by atoms with Crippen LogP contribution in [-0.2, 0) is 0 Å². The fourth-order valence-corrected chi connectivity index (χ4v) is 3.74. The number of ether oxygens (including phenoxy) is 2. The molecule has 2 aromatic carbocycles. The second-order valence-electron chi connectivity index (χ2n) is 6.10. The summed E-state index contributed by atoms with van der Waals surface area (Å²) in [6.07, 6.45) is 1.44. The number of nitrogens with two attached hydrogens (primary N) is 1. The van der Waals surface area contributed by atoms with E-state index in [0.717, 1.165) is 21.3 Å². The molecule has 8 heteroatoms. The number of primary amides is 1. The van der Waals surface area contributed by atoms with Crippen LogP contribution in [-0.4, -0.2) is 29.1 Å². The lowest BCUT2D eigenvalue weighted by Gasteiger charge is -2.10. The number of halogens is 1. The molecule has 29 heavy (non-hydrogen) atoms. The first-order valence-corrected chi connectivity index (χ1v) is 9.63. The van der Waals surface area contributed by atoms with Crippen LogP contribution in [0.5, 0.6) is 11.6 Å². The first-order chi connectivity index (χ1) is 14.1. The number of rotatable bonds is 7. The van der Waals surface area contributed by atoms with Crippen LogP contribution < -0.4 is 15.2 Å². The first kappa shape index (κ1) is 18.8. The van der Waals surface area contributed by atoms with Gasteiger partial charge in [0.25, 0.3) is 0 Å². The van der Waals surface area contributed by atoms with Gasteiger partial charge in [0.15, 0.2) is 0 Å². The van der Waals surface area contributed by atoms with Crippen molar-refractivity contribution in [2.24, 2.45) is 5.73 Å². The normalized spacial score (nSPS) is 10.8. The van der Waals surface area contributed by atoms with Gasteiger partial charge >= 0.3 is 0 Å². The summed E-state index contributed by atoms with van der Waals surface area (Å²) in [6.45, 7) is 0.495. The molecule has 0 atom stereocenters. The number of hydrogen-bond acceptors (Lipinski definition) is 6. The molecule has 2 N–H and O–H groups in total. The van der Waals surface area contributed by atoms with Gasteiger partial charge in [-0.1, -0.05) is 18.2 Å². The maximum atomic E-state index is 13.2. The molecule has 2 aromatic heterocycles. The van der Waals surface area contributed by atoms with Crippen molar-refractivity contribution in [3.63, 3.8) is 0 Å². The summed E-state index contributed by atoms with van der Waals surface area (Å²) in [7, 11) is 0. The van der Waals surface area contributed by atoms with E-state index in [9.17, 15) is 9.18 Å². The Hall–Kier alpha value is -3.52. The average Bonchev–Trinajstić information content (AvgIpc) is 3.17. The third kappa shape index (κ3) is 4.17. The Kier molecular flexibility index (Phi) is 5.35. The summed E-state index contributed by atoms with van der Waals surface area (Å²) < 4.78 is 24.7. The van der Waals surface area contributed by atoms with Crippen molar-refractivity contribution < 1.29 is 18.7 Å². The Balaban J connectivity index is 1.48. The molecule has 0 radical (unpaired) electrons. The summed E-state index contributed by atoms with van der Waals surface area (Å²) >= 11 is 1.47. The third-order valence-corrected chi connectivity index (χ3v) is 5.09. The van der Waals surface area contributed by atoms with Crippen LogP contribution in [0.4, 0.5) is 4.39 Å². The van der Waals surface area contributed by atoms with Crippen molar-refractivity contribution in [3.05, 3.63) is 71.6 Å². The highest BCUT2D eigenvalue weighted by Gasteiger charge is 2.14. The molecule has 0 saturated heterocycles. The van der Waals surface area contributed by atoms with Crippen molar-refractivity contribution in [1.29, 1.82) is 0 Å². The molecule has 4 aromatic rings. The van der Waals surface area contributed by atoms with Gasteiger partial charge in [0.05, 0.1) is 5.39 Å². The van der Waals surface area contributed by atoms with Gasteiger partial charge in [0.1, 0.15) is 35.9 Å². The van der Waals surface area contributed by atoms with Crippen LogP contribution in [0.15, 0.2) is 60.2 Å². The Morgan fingerprint density at radius 2 is 1.86 bits per heavy atom. The topological polar surface area (TPSA) is 87.3 Å². The lowest BCUT2D eigenvalue weighted by molar-refractivity contribution is 0.0999. The number of fused-ring (bicyclic) bond motifs is 1. The Bertz CT molecular complexity index is 1160. The van der Waals surface area contributed by atoms with E-state index in [1.54, 1.807) is 36.4 Å². The first-order valence-electron chi connectivity index (χ1n) is 8.75. The molecule has 0 aliphatic carbocycles. The molecule has 0 spiro atoms. The predicted octanol–water partition coefficient (Wildman–Crippen LogP) is 4.05. The molecule has 0 aliphatic rings. The highest BCUT2D eigenvalue weighted by molar-refractivity contribution is 7.17. The third-order valence-electron chi connectivity index (χ3n) is 4.20. The van der Waals surface area contributed by atoms with E-state index in [1.807, 2.05) is 5.38 Å². The van der Waals surface area contributed by atoms with Gasteiger partial charge in [-0.05, 0) is 35.9 Å². The predicted molar refractivity (Wildman–Crippen MR) is 109 cm³/mol. The maximum absolute atomic E-state index is 13.2. The summed E-state index contributed by atoms with van der Waals surface area (Å²) in [5.41, 5.74) is 7.39. The fourth-order valence-electron chi connectivity index (χ4n) is 2.84. The van der Waals surface area contributed by atoms with Gasteiger partial charge in [0.2, 0.25) is 11.8 Å². The molecular formula is C21H16FN3O3S. The zero-order valence-electron chi connectivity index (χ0n) is 15.2. The molecule has 146 valence electrons. The standard InChI is InChI=1S/C21H16FN3O3S/c22-15-6-4-13(5-7-15)17-11-29-21-18(17)20(24-12-25-21)28-9-8-27-16-3-1-2-14(10-16)19(23)26/h1-7,10-12H,8-9H2,(H2,23,26). The van der Waals surface area contributed by atoms with Gasteiger partial charge < -0.3 is 15.2 Å². The van der Waals surface area contributed by atoms with Crippen LogP contribution in [0.3, 0.4) is 0 Å². The van der Waals surface area contributed by atoms with Gasteiger partial charge in [-0.2, -0.15) is 0 Å². The summed E-state index contributed by atoms with van der Waals surface area (Å²) in [5, 5.41) is 2.73. The second kappa shape index (κ2) is 8.24. The number of benzene rings is 2. The maximum Gasteiger partial charge on any atom is 0.248 e. The zero-order chi connectivity index (χ0) is 20.2. The van der Waals surface area contributed by atoms with Crippen LogP contribution in [0, 0.1) is 5.82 Å². The Morgan fingerprint density at radius 1 is 1.07 bits per heavy atom. The van der Waals surface area contributed by atoms with E-state index in [1.165, 1.54) is 29.8 Å². The molecule has 0 bridgehead atoms. The molecular weight excluding hydrogens is 393 g/mol. The van der Waals surface area contributed by atoms with Crippen molar-refractivity contribution >= 4 is 27.5 Å². The van der Waals surface area contributed by atoms with Crippen LogP contribution >= 0.6 is 11.3 Å². The van der Waals surface area contributed by atoms with Gasteiger partial charge in [-0.3, -0.25) is 4.79 Å². The summed E-state index contributed by atoms with van der Waals surface area (Å²) in [5.74, 6) is 0.157. The van der Waals surface area contributed by atoms with Gasteiger partial charge in [0, 0.05) is 16.5 Å². The molecule has 0 unspecified atom stereocenters. The van der Waals surface area contributed by atoms with Crippen LogP contribution in [0.1, 0.15) is 10.4 Å². The van der Waals surface area contributed by atoms with Crippen molar-refractivity contribution in [2.45, 2.75) is 0 Å². The summed E-state index contributed by atoms with van der Waals surface area (Å²) in [4.78, 5) is 20.6. The molecule has 0 aliphatic heterocycles. The summed E-state index contributed by atoms with van der Waals surface area (Å²) in [6, 6.07) is 12.9. The molecule has 1 amide bonds. The van der Waals surface area contributed by atoms with E-state index in [0.29, 0.717) is 17.2 Å². The Morgan fingerprint density at radius 3 is 2.66 bits per heavy atom. The zero-order valence-corrected chi connectivity index (χ0v) is 16.0. The highest BCUT2D eigenvalue weighted by atomic mass is 32.1. The highest BCUT2D eigenvalue weighted by Crippen LogP contribution is 2.37. The van der Waals surface area contributed by atoms with Gasteiger partial charge in [-0.25, -0.2) is 14.4 Å². The van der Waals surface area contributed by atoms with Crippen molar-refractivity contribution in [2.75, 3.05) is 13.2 Å². The van der Waals surface area contributed by atoms with Crippen molar-refractivity contribution in [1.82, 2.24) is 9.97 Å². The average molecular weight is 409 g/mol. The quantitative estimate of drug-likeness (QED) is 0.465. The minimum Gasteiger partial charge on any atom is -0.490 e. The molecule has 0 saturated carbocycles. The molecule has 6 nitrogen and oxygen atoms in total. The number of hydrogen-bond donors (Lipinski definition) is 1. The number of nitrogens with zero attached hydrogens (tertiary/aromatic N) is 2. The number of carbonyl (C=O) groups excluding carboxylic acids is 1. The van der Waals surface area contributed by atoms with Crippen LogP contribution in [0.25, 0.3) is 21.3 Å². The van der Waals surface area contributed by atoms with Crippen LogP contribution in [0.2, 0.25) is 0 Å². The lowest BCUT2D eigenvalue weighted by atomic mass is 10.1. The largest absolute Gasteiger partial charge is 0.490 e. The van der Waals surface area contributed by atoms with Gasteiger partial charge in [-0.15, -0.1) is 11.3 Å². The molecule has 2 heterocycles. The van der Waals surface area contributed by atoms with E-state index in [4.69, 9.17) is 15.2 Å². The monoisotopic (exact) mass is 409 g/mol. The minimum absolute atomic E-state index is 0.242. The fraction of sp³-hybridized carbons (Fsp3) is 0.0952. The second-order valence-corrected chi connectivity index (χ2v) is 6.96. The Labute approximate surface area is 169 Å². The SMILES string of the molecule is NC(=O)c1cccc(OCCOc2ncnc3scc(-c4ccc(F)cc4)c23)c1. The number of aromatic nitrogens is 2. The van der Waals surface area contributed by atoms with E-state index < -0.39 is 5.91 Å². The molecule has 0 fully saturated rings. The van der Waals surface area contributed by atoms with E-state index in [-0.39, 0.29) is 19.0 Å². The number of thiophene rings is 1. The molecule has 4 rings (SSSR count). The number of carbonyl (C=O) groups is 1. The van der Waals surface area contributed by atoms with E-state index >= 15 is 0 Å². The number of amides is 1. The minimum atomic E-state index is -0.513. The van der Waals surface area contributed by atoms with Crippen molar-refractivity contribution in [3.8, 4) is 22.8 Å². The van der Waals surface area contributed by atoms with E-state index in [2.05, 4.69) is 9.97 Å².